The number of fused-ring (bicyclic) bond motifs is 1. The smallest absolute Gasteiger partial charge is 0.186 e. The summed E-state index contributed by atoms with van der Waals surface area (Å²) in [5.74, 6) is 1.31. The van der Waals surface area contributed by atoms with Crippen LogP contribution in [0.5, 0.6) is 0 Å². The van der Waals surface area contributed by atoms with Gasteiger partial charge in [0.15, 0.2) is 11.7 Å². The first kappa shape index (κ1) is 20.2. The molecule has 3 aliphatic rings. The van der Waals surface area contributed by atoms with Crippen LogP contribution in [0.4, 0.5) is 0 Å². The molecule has 8 nitrogen and oxygen atoms in total. The van der Waals surface area contributed by atoms with Gasteiger partial charge in [-0.25, -0.2) is 15.4 Å². The third-order valence-corrected chi connectivity index (χ3v) is 6.33. The average molecular weight is 379 g/mol. The summed E-state index contributed by atoms with van der Waals surface area (Å²) in [6, 6.07) is -1.08. The van der Waals surface area contributed by atoms with Gasteiger partial charge in [0.05, 0.1) is 12.1 Å². The van der Waals surface area contributed by atoms with E-state index in [9.17, 15) is 9.59 Å². The van der Waals surface area contributed by atoms with Gasteiger partial charge in [-0.05, 0) is 50.5 Å². The van der Waals surface area contributed by atoms with E-state index in [0.717, 1.165) is 38.8 Å². The van der Waals surface area contributed by atoms with Crippen LogP contribution in [0, 0.1) is 11.8 Å². The number of ketones is 1. The molecule has 2 heterocycles. The second kappa shape index (κ2) is 9.61. The number of guanidine groups is 1. The van der Waals surface area contributed by atoms with Crippen LogP contribution in [0.25, 0.3) is 0 Å². The maximum absolute atomic E-state index is 13.1. The molecule has 3 rings (SSSR count). The molecular formula is C19H34N6O2. The maximum atomic E-state index is 13.1. The van der Waals surface area contributed by atoms with E-state index in [0.29, 0.717) is 24.7 Å². The Morgan fingerprint density at radius 3 is 2.56 bits per heavy atom. The second-order valence-corrected chi connectivity index (χ2v) is 8.26. The zero-order valence-corrected chi connectivity index (χ0v) is 16.1. The van der Waals surface area contributed by atoms with Crippen LogP contribution in [-0.4, -0.2) is 60.8 Å². The van der Waals surface area contributed by atoms with Crippen molar-refractivity contribution in [2.45, 2.75) is 69.5 Å². The molecule has 2 saturated heterocycles. The Bertz CT molecular complexity index is 546. The number of aldehydes is 1. The van der Waals surface area contributed by atoms with Crippen molar-refractivity contribution in [2.24, 2.45) is 28.3 Å². The lowest BCUT2D eigenvalue weighted by Crippen LogP contribution is -2.53. The monoisotopic (exact) mass is 378 g/mol. The van der Waals surface area contributed by atoms with E-state index >= 15 is 0 Å². The van der Waals surface area contributed by atoms with E-state index in [1.165, 1.54) is 25.7 Å². The quantitative estimate of drug-likeness (QED) is 0.251. The summed E-state index contributed by atoms with van der Waals surface area (Å²) in [4.78, 5) is 28.7. The maximum Gasteiger partial charge on any atom is 0.186 e. The summed E-state index contributed by atoms with van der Waals surface area (Å²) in [7, 11) is 0. The number of piperidine rings is 1. The van der Waals surface area contributed by atoms with Gasteiger partial charge >= 0.3 is 0 Å². The highest BCUT2D eigenvalue weighted by Crippen LogP contribution is 2.35. The van der Waals surface area contributed by atoms with Crippen molar-refractivity contribution < 1.29 is 9.59 Å². The fourth-order valence-corrected chi connectivity index (χ4v) is 4.62. The predicted octanol–water partition coefficient (Wildman–Crippen LogP) is -0.0762. The molecule has 0 radical (unpaired) electrons. The van der Waals surface area contributed by atoms with Gasteiger partial charge in [0.2, 0.25) is 0 Å². The van der Waals surface area contributed by atoms with Crippen LogP contribution in [0.3, 0.4) is 0 Å². The fourth-order valence-electron chi connectivity index (χ4n) is 4.62. The van der Waals surface area contributed by atoms with Crippen LogP contribution in [0.2, 0.25) is 0 Å². The first-order chi connectivity index (χ1) is 13.1. The Labute approximate surface area is 161 Å². The summed E-state index contributed by atoms with van der Waals surface area (Å²) in [5.41, 5.74) is 14.4. The largest absolute Gasteiger partial charge is 0.370 e. The summed E-state index contributed by atoms with van der Waals surface area (Å²) < 4.78 is 0. The zero-order chi connectivity index (χ0) is 19.2. The van der Waals surface area contributed by atoms with Crippen molar-refractivity contribution >= 4 is 18.0 Å². The van der Waals surface area contributed by atoms with Crippen LogP contribution in [0.1, 0.15) is 51.4 Å². The number of nitrogens with two attached hydrogens (primary N) is 2. The summed E-state index contributed by atoms with van der Waals surface area (Å²) in [5, 5.41) is 5.46. The van der Waals surface area contributed by atoms with Crippen LogP contribution in [0.15, 0.2) is 4.99 Å². The summed E-state index contributed by atoms with van der Waals surface area (Å²) >= 11 is 0. The standard InChI is InChI=1S/C19H34N6O2/c20-19(21)23-16(7-6-15(12-26)24-25-8-3-9-25)18(27)17-10-13-4-1-2-5-14(13)11-22-17/h12-17,22,24H,1-11H2,(H4,20,21,23)/t13-,14+,15-,16?,17-/m0/s1. The van der Waals surface area contributed by atoms with E-state index < -0.39 is 6.04 Å². The molecule has 6 N–H and O–H groups in total. The van der Waals surface area contributed by atoms with Gasteiger partial charge in [-0.1, -0.05) is 19.3 Å². The number of Topliss-reactive ketones (excluding diaryl/α,β-unsaturated/α-hetero) is 1. The van der Waals surface area contributed by atoms with Gasteiger partial charge in [0.25, 0.3) is 0 Å². The third-order valence-electron chi connectivity index (χ3n) is 6.33. The molecular weight excluding hydrogens is 344 g/mol. The molecule has 0 amide bonds. The lowest BCUT2D eigenvalue weighted by Gasteiger charge is -2.40. The van der Waals surface area contributed by atoms with E-state index in [4.69, 9.17) is 11.5 Å². The lowest BCUT2D eigenvalue weighted by atomic mass is 9.72. The van der Waals surface area contributed by atoms with Crippen molar-refractivity contribution in [1.29, 1.82) is 0 Å². The number of hydrogen-bond donors (Lipinski definition) is 4. The van der Waals surface area contributed by atoms with Crippen LogP contribution >= 0.6 is 0 Å². The molecule has 0 bridgehead atoms. The molecule has 0 aromatic heterocycles. The Hall–Kier alpha value is -1.51. The molecule has 0 spiro atoms. The Morgan fingerprint density at radius 1 is 1.19 bits per heavy atom. The summed E-state index contributed by atoms with van der Waals surface area (Å²) in [6.45, 7) is 2.81. The Kier molecular flexibility index (Phi) is 7.20. The number of nitrogens with zero attached hydrogens (tertiary/aromatic N) is 2. The SMILES string of the molecule is NC(N)=NC(CC[C@@H](C=O)NN1CCC1)C(=O)[C@@H]1C[C@@H]2CCCC[C@@H]2CN1. The van der Waals surface area contributed by atoms with E-state index in [-0.39, 0.29) is 23.8 Å². The fraction of sp³-hybridized carbons (Fsp3) is 0.842. The van der Waals surface area contributed by atoms with Gasteiger partial charge in [-0.2, -0.15) is 0 Å². The van der Waals surface area contributed by atoms with Crippen LogP contribution in [-0.2, 0) is 9.59 Å². The molecule has 5 atom stereocenters. The molecule has 1 unspecified atom stereocenters. The number of aliphatic imine (C=N–C) groups is 1. The average Bonchev–Trinajstić information content (AvgIpc) is 2.64. The molecule has 0 aromatic carbocycles. The minimum atomic E-state index is -0.590. The highest BCUT2D eigenvalue weighted by atomic mass is 16.1. The minimum absolute atomic E-state index is 0.0565. The van der Waals surface area contributed by atoms with Gasteiger partial charge in [0.1, 0.15) is 12.3 Å². The molecule has 3 fully saturated rings. The molecule has 0 aromatic rings. The van der Waals surface area contributed by atoms with Crippen molar-refractivity contribution in [3.05, 3.63) is 0 Å². The number of rotatable bonds is 9. The van der Waals surface area contributed by atoms with E-state index in [1.807, 2.05) is 5.01 Å². The highest BCUT2D eigenvalue weighted by molar-refractivity contribution is 5.91. The molecule has 152 valence electrons. The molecule has 27 heavy (non-hydrogen) atoms. The molecule has 1 saturated carbocycles. The van der Waals surface area contributed by atoms with Crippen molar-refractivity contribution in [3.63, 3.8) is 0 Å². The third kappa shape index (κ3) is 5.49. The normalized spacial score (nSPS) is 30.4. The number of hydrogen-bond acceptors (Lipinski definition) is 6. The van der Waals surface area contributed by atoms with E-state index in [2.05, 4.69) is 15.7 Å². The number of carbonyl (C=O) groups excluding carboxylic acids is 2. The first-order valence-electron chi connectivity index (χ1n) is 10.4. The summed E-state index contributed by atoms with van der Waals surface area (Å²) in [6.07, 6.45) is 8.97. The number of hydrazine groups is 1. The van der Waals surface area contributed by atoms with Crippen molar-refractivity contribution in [1.82, 2.24) is 15.8 Å². The van der Waals surface area contributed by atoms with Gasteiger partial charge in [-0.3, -0.25) is 4.79 Å². The zero-order valence-electron chi connectivity index (χ0n) is 16.1. The van der Waals surface area contributed by atoms with Crippen molar-refractivity contribution in [2.75, 3.05) is 19.6 Å². The molecule has 2 aliphatic heterocycles. The van der Waals surface area contributed by atoms with Gasteiger partial charge < -0.3 is 21.6 Å². The van der Waals surface area contributed by atoms with Crippen molar-refractivity contribution in [3.8, 4) is 0 Å². The topological polar surface area (TPSA) is 126 Å². The molecule has 1 aliphatic carbocycles. The van der Waals surface area contributed by atoms with Crippen LogP contribution < -0.4 is 22.2 Å². The van der Waals surface area contributed by atoms with Gasteiger partial charge in [-0.15, -0.1) is 0 Å². The predicted molar refractivity (Wildman–Crippen MR) is 105 cm³/mol. The number of carbonyl (C=O) groups is 2. The second-order valence-electron chi connectivity index (χ2n) is 8.26. The number of nitrogens with one attached hydrogen (secondary N) is 2. The first-order valence-corrected chi connectivity index (χ1v) is 10.4. The Morgan fingerprint density at radius 2 is 1.93 bits per heavy atom. The van der Waals surface area contributed by atoms with Gasteiger partial charge in [0, 0.05) is 13.1 Å². The van der Waals surface area contributed by atoms with E-state index in [1.54, 1.807) is 0 Å². The lowest BCUT2D eigenvalue weighted by molar-refractivity contribution is -0.124. The highest BCUT2D eigenvalue weighted by Gasteiger charge is 2.37. The molecule has 8 heteroatoms. The Balaban J connectivity index is 1.56. The minimum Gasteiger partial charge on any atom is -0.370 e.